The molecule has 1 aliphatic rings. The molecule has 1 saturated carbocycles. The van der Waals surface area contributed by atoms with E-state index in [2.05, 4.69) is 6.58 Å². The third-order valence-electron chi connectivity index (χ3n) is 1.83. The van der Waals surface area contributed by atoms with Crippen molar-refractivity contribution in [3.63, 3.8) is 0 Å². The highest BCUT2D eigenvalue weighted by Gasteiger charge is 2.18. The quantitative estimate of drug-likeness (QED) is 0.598. The fraction of sp³-hybridized carbons (Fsp3) is 0.750. The third kappa shape index (κ3) is 1.82. The molecule has 0 saturated heterocycles. The lowest BCUT2D eigenvalue weighted by atomic mass is 10.2. The first-order chi connectivity index (χ1) is 4.84. The van der Waals surface area contributed by atoms with Crippen molar-refractivity contribution in [1.82, 2.24) is 0 Å². The van der Waals surface area contributed by atoms with Crippen LogP contribution in [0.1, 0.15) is 19.3 Å². The predicted molar refractivity (Wildman–Crippen MR) is 39.8 cm³/mol. The molecule has 0 radical (unpaired) electrons. The van der Waals surface area contributed by atoms with Crippen molar-refractivity contribution in [3.8, 4) is 0 Å². The Morgan fingerprint density at radius 1 is 1.70 bits per heavy atom. The van der Waals surface area contributed by atoms with Crippen molar-refractivity contribution >= 4 is 0 Å². The number of ether oxygens (including phenoxy) is 1. The maximum absolute atomic E-state index is 8.46. The maximum Gasteiger partial charge on any atom is 0.0783 e. The summed E-state index contributed by atoms with van der Waals surface area (Å²) in [7, 11) is 0. The van der Waals surface area contributed by atoms with Gasteiger partial charge in [-0.3, -0.25) is 0 Å². The molecule has 2 heteroatoms. The first kappa shape index (κ1) is 7.76. The summed E-state index contributed by atoms with van der Waals surface area (Å²) in [6.45, 7) is 4.44. The maximum atomic E-state index is 8.46. The fourth-order valence-corrected chi connectivity index (χ4v) is 1.28. The molecule has 0 aromatic rings. The van der Waals surface area contributed by atoms with E-state index in [4.69, 9.17) is 9.84 Å². The van der Waals surface area contributed by atoms with Crippen molar-refractivity contribution in [3.05, 3.63) is 12.2 Å². The van der Waals surface area contributed by atoms with Gasteiger partial charge < -0.3 is 9.84 Å². The van der Waals surface area contributed by atoms with E-state index in [1.54, 1.807) is 0 Å². The number of rotatable bonds is 3. The molecule has 0 aromatic heterocycles. The topological polar surface area (TPSA) is 29.5 Å². The van der Waals surface area contributed by atoms with Crippen molar-refractivity contribution in [2.75, 3.05) is 13.2 Å². The molecule has 0 amide bonds. The van der Waals surface area contributed by atoms with Gasteiger partial charge in [-0.15, -0.1) is 0 Å². The summed E-state index contributed by atoms with van der Waals surface area (Å²) in [4.78, 5) is 0. The zero-order chi connectivity index (χ0) is 7.40. The van der Waals surface area contributed by atoms with Gasteiger partial charge in [-0.2, -0.15) is 0 Å². The van der Waals surface area contributed by atoms with Crippen molar-refractivity contribution in [1.29, 1.82) is 0 Å². The van der Waals surface area contributed by atoms with Crippen LogP contribution in [0, 0.1) is 0 Å². The van der Waals surface area contributed by atoms with E-state index in [1.165, 1.54) is 12.0 Å². The monoisotopic (exact) mass is 142 g/mol. The van der Waals surface area contributed by atoms with Crippen molar-refractivity contribution < 1.29 is 9.84 Å². The molecule has 10 heavy (non-hydrogen) atoms. The SMILES string of the molecule is C=C1CCCC1OCCO. The van der Waals surface area contributed by atoms with Crippen LogP contribution in [0.3, 0.4) is 0 Å². The summed E-state index contributed by atoms with van der Waals surface area (Å²) in [5.74, 6) is 0. The first-order valence-electron chi connectivity index (χ1n) is 3.74. The highest BCUT2D eigenvalue weighted by atomic mass is 16.5. The van der Waals surface area contributed by atoms with Crippen LogP contribution in [0.4, 0.5) is 0 Å². The minimum absolute atomic E-state index is 0.115. The summed E-state index contributed by atoms with van der Waals surface area (Å²) < 4.78 is 5.31. The van der Waals surface area contributed by atoms with E-state index in [0.717, 1.165) is 12.8 Å². The fourth-order valence-electron chi connectivity index (χ4n) is 1.28. The normalized spacial score (nSPS) is 25.7. The van der Waals surface area contributed by atoms with Gasteiger partial charge in [0.25, 0.3) is 0 Å². The van der Waals surface area contributed by atoms with Gasteiger partial charge >= 0.3 is 0 Å². The van der Waals surface area contributed by atoms with Crippen LogP contribution < -0.4 is 0 Å². The van der Waals surface area contributed by atoms with Gasteiger partial charge in [-0.1, -0.05) is 6.58 Å². The summed E-state index contributed by atoms with van der Waals surface area (Å²) >= 11 is 0. The van der Waals surface area contributed by atoms with Gasteiger partial charge in [0, 0.05) is 0 Å². The van der Waals surface area contributed by atoms with Crippen molar-refractivity contribution in [2.45, 2.75) is 25.4 Å². The van der Waals surface area contributed by atoms with Gasteiger partial charge in [-0.05, 0) is 24.8 Å². The van der Waals surface area contributed by atoms with Crippen LogP contribution in [-0.4, -0.2) is 24.4 Å². The first-order valence-corrected chi connectivity index (χ1v) is 3.74. The number of hydrogen-bond acceptors (Lipinski definition) is 2. The smallest absolute Gasteiger partial charge is 0.0783 e. The largest absolute Gasteiger partial charge is 0.394 e. The van der Waals surface area contributed by atoms with E-state index in [9.17, 15) is 0 Å². The second-order valence-electron chi connectivity index (χ2n) is 2.63. The molecule has 1 rings (SSSR count). The predicted octanol–water partition coefficient (Wildman–Crippen LogP) is 1.10. The Morgan fingerprint density at radius 2 is 2.50 bits per heavy atom. The molecule has 1 aliphatic carbocycles. The Labute approximate surface area is 61.5 Å². The van der Waals surface area contributed by atoms with Crippen LogP contribution in [0.15, 0.2) is 12.2 Å². The molecule has 0 aliphatic heterocycles. The zero-order valence-corrected chi connectivity index (χ0v) is 6.18. The average molecular weight is 142 g/mol. The molecule has 0 heterocycles. The molecule has 1 atom stereocenters. The van der Waals surface area contributed by atoms with Crippen LogP contribution in [-0.2, 0) is 4.74 Å². The molecule has 1 unspecified atom stereocenters. The summed E-state index contributed by atoms with van der Waals surface area (Å²) in [5, 5.41) is 8.46. The minimum Gasteiger partial charge on any atom is -0.394 e. The van der Waals surface area contributed by atoms with E-state index in [1.807, 2.05) is 0 Å². The number of aliphatic hydroxyl groups excluding tert-OH is 1. The Morgan fingerprint density at radius 3 is 3.00 bits per heavy atom. The lowest BCUT2D eigenvalue weighted by Gasteiger charge is -2.10. The van der Waals surface area contributed by atoms with E-state index in [-0.39, 0.29) is 12.7 Å². The zero-order valence-electron chi connectivity index (χ0n) is 6.18. The number of hydrogen-bond donors (Lipinski definition) is 1. The molecular weight excluding hydrogens is 128 g/mol. The molecular formula is C8H14O2. The molecule has 0 bridgehead atoms. The van der Waals surface area contributed by atoms with Gasteiger partial charge in [-0.25, -0.2) is 0 Å². The van der Waals surface area contributed by atoms with Crippen LogP contribution in [0.2, 0.25) is 0 Å². The van der Waals surface area contributed by atoms with Crippen LogP contribution in [0.5, 0.6) is 0 Å². The van der Waals surface area contributed by atoms with Crippen molar-refractivity contribution in [2.24, 2.45) is 0 Å². The number of aliphatic hydroxyl groups is 1. The summed E-state index contributed by atoms with van der Waals surface area (Å²) in [5.41, 5.74) is 1.19. The Kier molecular flexibility index (Phi) is 2.90. The average Bonchev–Trinajstić information content (AvgIpc) is 2.31. The minimum atomic E-state index is 0.115. The van der Waals surface area contributed by atoms with Gasteiger partial charge in [0.15, 0.2) is 0 Å². The van der Waals surface area contributed by atoms with E-state index >= 15 is 0 Å². The van der Waals surface area contributed by atoms with Gasteiger partial charge in [0.2, 0.25) is 0 Å². The lowest BCUT2D eigenvalue weighted by Crippen LogP contribution is -2.12. The van der Waals surface area contributed by atoms with E-state index in [0.29, 0.717) is 6.61 Å². The molecule has 1 fully saturated rings. The summed E-state index contributed by atoms with van der Waals surface area (Å²) in [6, 6.07) is 0. The Balaban J connectivity index is 2.20. The Hall–Kier alpha value is -0.340. The lowest BCUT2D eigenvalue weighted by molar-refractivity contribution is 0.0521. The highest BCUT2D eigenvalue weighted by molar-refractivity contribution is 5.07. The van der Waals surface area contributed by atoms with E-state index < -0.39 is 0 Å². The molecule has 0 aromatic carbocycles. The molecule has 2 nitrogen and oxygen atoms in total. The molecule has 0 spiro atoms. The third-order valence-corrected chi connectivity index (χ3v) is 1.83. The second kappa shape index (κ2) is 3.74. The summed E-state index contributed by atoms with van der Waals surface area (Å²) in [6.07, 6.45) is 3.59. The van der Waals surface area contributed by atoms with Gasteiger partial charge in [0.1, 0.15) is 0 Å². The van der Waals surface area contributed by atoms with Gasteiger partial charge in [0.05, 0.1) is 19.3 Å². The van der Waals surface area contributed by atoms with Crippen LogP contribution in [0.25, 0.3) is 0 Å². The second-order valence-corrected chi connectivity index (χ2v) is 2.63. The molecule has 58 valence electrons. The Bertz CT molecular complexity index is 120. The van der Waals surface area contributed by atoms with Crippen LogP contribution >= 0.6 is 0 Å². The highest BCUT2D eigenvalue weighted by Crippen LogP contribution is 2.25. The standard InChI is InChI=1S/C8H14O2/c1-7-3-2-4-8(7)10-6-5-9/h8-9H,1-6H2. The molecule has 1 N–H and O–H groups in total.